The second-order valence-corrected chi connectivity index (χ2v) is 9.22. The molecule has 2 aromatic rings. The van der Waals surface area contributed by atoms with Crippen molar-refractivity contribution in [2.75, 3.05) is 43.9 Å². The number of aryl methyl sites for hydroxylation is 3. The number of aromatic nitrogens is 1. The molecule has 1 fully saturated rings. The number of carbonyl (C=O) groups excluding carboxylic acids is 1. The van der Waals surface area contributed by atoms with E-state index in [0.29, 0.717) is 5.69 Å². The molecule has 1 aromatic heterocycles. The number of nitrogens with zero attached hydrogens (tertiary/aromatic N) is 4. The van der Waals surface area contributed by atoms with Gasteiger partial charge in [-0.25, -0.2) is 0 Å². The van der Waals surface area contributed by atoms with Crippen LogP contribution in [0.5, 0.6) is 0 Å². The fraction of sp³-hybridized carbons (Fsp3) is 0.676. The predicted molar refractivity (Wildman–Crippen MR) is 199 cm³/mol. The van der Waals surface area contributed by atoms with Crippen LogP contribution in [0.2, 0.25) is 0 Å². The Balaban J connectivity index is -0.000000260. The van der Waals surface area contributed by atoms with E-state index >= 15 is 0 Å². The molecule has 0 unspecified atom stereocenters. The Morgan fingerprint density at radius 1 is 0.909 bits per heavy atom. The number of piperazine rings is 1. The molecular formula is C37H72N6O. The first-order valence-corrected chi connectivity index (χ1v) is 17.4. The van der Waals surface area contributed by atoms with Crippen LogP contribution in [0.3, 0.4) is 0 Å². The van der Waals surface area contributed by atoms with Crippen LogP contribution in [0, 0.1) is 13.8 Å². The minimum Gasteiger partial charge on any atom is -0.397 e. The fourth-order valence-electron chi connectivity index (χ4n) is 4.19. The van der Waals surface area contributed by atoms with Crippen molar-refractivity contribution in [3.8, 4) is 0 Å². The largest absolute Gasteiger partial charge is 0.397 e. The molecule has 2 heterocycles. The zero-order chi connectivity index (χ0) is 34.9. The molecule has 0 aliphatic carbocycles. The van der Waals surface area contributed by atoms with Gasteiger partial charge < -0.3 is 20.7 Å². The number of carbonyl (C=O) groups is 1. The van der Waals surface area contributed by atoms with E-state index in [1.54, 1.807) is 14.0 Å². The van der Waals surface area contributed by atoms with E-state index in [4.69, 9.17) is 5.73 Å². The van der Waals surface area contributed by atoms with E-state index in [9.17, 15) is 4.79 Å². The lowest BCUT2D eigenvalue weighted by Gasteiger charge is -2.31. The molecule has 0 atom stereocenters. The van der Waals surface area contributed by atoms with Crippen LogP contribution >= 0.6 is 0 Å². The standard InChI is InChI=1S/C13H21N3.C11H17N3.C5H10O.4C2H6/c1-3-4-12-11(2)15-6-5-13(12)16-9-7-14-8-10-16;1-4-5-9-7-10(12)11(14-13-3)6-8(9)2;1-3-4-5(2)6;4*1-2/h5-6,14H,3-4,7-10H2,1-2H3;6-7H,4-5,12H2,1-3H3;3-4H2,1-2H3;4*1-2H3. The highest BCUT2D eigenvalue weighted by Gasteiger charge is 2.15. The average Bonchev–Trinajstić information content (AvgIpc) is 3.06. The van der Waals surface area contributed by atoms with Gasteiger partial charge in [0.1, 0.15) is 11.5 Å². The molecular weight excluding hydrogens is 544 g/mol. The van der Waals surface area contributed by atoms with Crippen molar-refractivity contribution in [3.05, 3.63) is 46.8 Å². The maximum absolute atomic E-state index is 10.0. The number of Topliss-reactive ketones (excluding diaryl/α,β-unsaturated/α-hetero) is 1. The number of anilines is 2. The minimum atomic E-state index is 0.289. The summed E-state index contributed by atoms with van der Waals surface area (Å²) in [5, 5.41) is 11.1. The molecule has 7 nitrogen and oxygen atoms in total. The SMILES string of the molecule is CC.CC.CC.CC.CCCC(C)=O.CCCc1c(N2CCNCC2)ccnc1C.CCCc1cc(N)c(N=NC)cc1C. The van der Waals surface area contributed by atoms with Gasteiger partial charge in [-0.15, -0.1) is 0 Å². The number of ketones is 1. The van der Waals surface area contributed by atoms with Gasteiger partial charge in [-0.3, -0.25) is 4.98 Å². The second kappa shape index (κ2) is 34.7. The zero-order valence-electron chi connectivity index (χ0n) is 31.7. The molecule has 0 saturated carbocycles. The number of nitrogens with two attached hydrogens (primary N) is 1. The highest BCUT2D eigenvalue weighted by atomic mass is 16.1. The van der Waals surface area contributed by atoms with E-state index in [-0.39, 0.29) is 5.78 Å². The molecule has 0 radical (unpaired) electrons. The maximum atomic E-state index is 10.0. The summed E-state index contributed by atoms with van der Waals surface area (Å²) >= 11 is 0. The number of hydrogen-bond donors (Lipinski definition) is 2. The Morgan fingerprint density at radius 2 is 1.45 bits per heavy atom. The Morgan fingerprint density at radius 3 is 1.89 bits per heavy atom. The quantitative estimate of drug-likeness (QED) is 0.227. The van der Waals surface area contributed by atoms with Crippen LogP contribution in [0.25, 0.3) is 0 Å². The molecule has 3 rings (SSSR count). The summed E-state index contributed by atoms with van der Waals surface area (Å²) in [5.41, 5.74) is 13.9. The van der Waals surface area contributed by atoms with Crippen LogP contribution in [0.15, 0.2) is 34.6 Å². The van der Waals surface area contributed by atoms with Crippen LogP contribution in [-0.4, -0.2) is 44.0 Å². The van der Waals surface area contributed by atoms with Crippen molar-refractivity contribution in [2.24, 2.45) is 10.2 Å². The Kier molecular flexibility index (Phi) is 37.9. The molecule has 1 aromatic carbocycles. The summed E-state index contributed by atoms with van der Waals surface area (Å²) in [6, 6.07) is 6.17. The van der Waals surface area contributed by atoms with Crippen molar-refractivity contribution >= 4 is 22.8 Å². The van der Waals surface area contributed by atoms with Gasteiger partial charge in [-0.05, 0) is 74.9 Å². The van der Waals surface area contributed by atoms with Gasteiger partial charge in [0.2, 0.25) is 0 Å². The van der Waals surface area contributed by atoms with Gasteiger partial charge in [0.05, 0.1) is 5.69 Å². The molecule has 0 spiro atoms. The van der Waals surface area contributed by atoms with Crippen LogP contribution in [0.4, 0.5) is 17.1 Å². The third kappa shape index (κ3) is 21.8. The van der Waals surface area contributed by atoms with Gasteiger partial charge in [0.25, 0.3) is 0 Å². The number of pyridine rings is 1. The molecule has 1 aliphatic heterocycles. The predicted octanol–water partition coefficient (Wildman–Crippen LogP) is 10.5. The van der Waals surface area contributed by atoms with Crippen molar-refractivity contribution in [2.45, 2.75) is 135 Å². The Labute approximate surface area is 273 Å². The first kappa shape index (κ1) is 48.1. The number of nitrogens with one attached hydrogen (secondary N) is 1. The van der Waals surface area contributed by atoms with E-state index in [1.807, 2.05) is 80.6 Å². The third-order valence-electron chi connectivity index (χ3n) is 6.02. The fourth-order valence-corrected chi connectivity index (χ4v) is 4.19. The molecule has 3 N–H and O–H groups in total. The zero-order valence-corrected chi connectivity index (χ0v) is 31.7. The number of benzene rings is 1. The normalized spacial score (nSPS) is 11.2. The minimum absolute atomic E-state index is 0.289. The van der Waals surface area contributed by atoms with Gasteiger partial charge in [-0.1, -0.05) is 89.0 Å². The smallest absolute Gasteiger partial charge is 0.129 e. The molecule has 1 aliphatic rings. The van der Waals surface area contributed by atoms with E-state index < -0.39 is 0 Å². The second-order valence-electron chi connectivity index (χ2n) is 9.22. The Bertz CT molecular complexity index is 953. The van der Waals surface area contributed by atoms with Gasteiger partial charge in [-0.2, -0.15) is 10.2 Å². The summed E-state index contributed by atoms with van der Waals surface area (Å²) in [5.74, 6) is 0.289. The lowest BCUT2D eigenvalue weighted by atomic mass is 10.0. The van der Waals surface area contributed by atoms with Gasteiger partial charge >= 0.3 is 0 Å². The molecule has 0 bridgehead atoms. The first-order valence-electron chi connectivity index (χ1n) is 17.4. The van der Waals surface area contributed by atoms with Crippen molar-refractivity contribution < 1.29 is 4.79 Å². The van der Waals surface area contributed by atoms with Gasteiger partial charge in [0.15, 0.2) is 0 Å². The van der Waals surface area contributed by atoms with Crippen LogP contribution in [-0.2, 0) is 17.6 Å². The van der Waals surface area contributed by atoms with Crippen LogP contribution in [0.1, 0.15) is 131 Å². The maximum Gasteiger partial charge on any atom is 0.129 e. The third-order valence-corrected chi connectivity index (χ3v) is 6.02. The monoisotopic (exact) mass is 617 g/mol. The molecule has 44 heavy (non-hydrogen) atoms. The summed E-state index contributed by atoms with van der Waals surface area (Å²) in [6.07, 6.45) is 8.18. The summed E-state index contributed by atoms with van der Waals surface area (Å²) in [4.78, 5) is 16.9. The first-order chi connectivity index (χ1) is 21.3. The molecule has 256 valence electrons. The summed E-state index contributed by atoms with van der Waals surface area (Å²) < 4.78 is 0. The summed E-state index contributed by atoms with van der Waals surface area (Å²) in [7, 11) is 1.65. The van der Waals surface area contributed by atoms with E-state index in [0.717, 1.165) is 64.0 Å². The Hall–Kier alpha value is -2.80. The number of azo groups is 1. The molecule has 0 amide bonds. The summed E-state index contributed by atoms with van der Waals surface area (Å²) in [6.45, 7) is 32.6. The lowest BCUT2D eigenvalue weighted by molar-refractivity contribution is -0.117. The molecule has 1 saturated heterocycles. The lowest BCUT2D eigenvalue weighted by Crippen LogP contribution is -2.44. The number of rotatable bonds is 8. The van der Waals surface area contributed by atoms with Gasteiger partial charge in [0, 0.05) is 57.2 Å². The van der Waals surface area contributed by atoms with Crippen molar-refractivity contribution in [3.63, 3.8) is 0 Å². The van der Waals surface area contributed by atoms with Crippen molar-refractivity contribution in [1.82, 2.24) is 10.3 Å². The van der Waals surface area contributed by atoms with Crippen LogP contribution < -0.4 is 16.0 Å². The number of hydrogen-bond acceptors (Lipinski definition) is 7. The van der Waals surface area contributed by atoms with E-state index in [2.05, 4.69) is 59.2 Å². The van der Waals surface area contributed by atoms with E-state index in [1.165, 1.54) is 34.5 Å². The molecule has 7 heteroatoms. The topological polar surface area (TPSA) is 96.0 Å². The average molecular weight is 617 g/mol. The highest BCUT2D eigenvalue weighted by Crippen LogP contribution is 2.27. The highest BCUT2D eigenvalue weighted by molar-refractivity contribution is 5.75. The van der Waals surface area contributed by atoms with Crippen molar-refractivity contribution in [1.29, 1.82) is 0 Å². The number of nitrogen functional groups attached to an aromatic ring is 1.